The lowest BCUT2D eigenvalue weighted by Gasteiger charge is -2.54. The van der Waals surface area contributed by atoms with Gasteiger partial charge in [-0.3, -0.25) is 4.48 Å². The molecule has 2 heterocycles. The minimum absolute atomic E-state index is 0.926. The van der Waals surface area contributed by atoms with Gasteiger partial charge in [-0.2, -0.15) is 0 Å². The van der Waals surface area contributed by atoms with Crippen LogP contribution in [-0.4, -0.2) is 24.1 Å². The van der Waals surface area contributed by atoms with Crippen molar-refractivity contribution in [2.75, 3.05) is 13.6 Å². The summed E-state index contributed by atoms with van der Waals surface area (Å²) in [5.74, 6) is 0. The quantitative estimate of drug-likeness (QED) is 0.410. The molecular weight excluding hydrogens is 98.1 g/mol. The van der Waals surface area contributed by atoms with E-state index in [9.17, 15) is 0 Å². The molecule has 1 fully saturated rings. The van der Waals surface area contributed by atoms with E-state index >= 15 is 0 Å². The summed E-state index contributed by atoms with van der Waals surface area (Å²) >= 11 is 0. The van der Waals surface area contributed by atoms with Crippen molar-refractivity contribution in [1.82, 2.24) is 0 Å². The summed E-state index contributed by atoms with van der Waals surface area (Å²) in [7, 11) is 2.31. The molecule has 0 aromatic heterocycles. The molecule has 2 rings (SSSR count). The second kappa shape index (κ2) is 1.01. The molecule has 2 aliphatic heterocycles. The van der Waals surface area contributed by atoms with Gasteiger partial charge in [0.25, 0.3) is 0 Å². The number of hydrogen-bond acceptors (Lipinski definition) is 0. The maximum Gasteiger partial charge on any atom is 0.125 e. The molecule has 1 saturated heterocycles. The minimum Gasteiger partial charge on any atom is -0.293 e. The molecule has 44 valence electrons. The molecule has 1 nitrogen and oxygen atoms in total. The first-order valence-corrected chi connectivity index (χ1v) is 3.27. The van der Waals surface area contributed by atoms with Crippen LogP contribution in [0.4, 0.5) is 0 Å². The Morgan fingerprint density at radius 2 is 2.50 bits per heavy atom. The Bertz CT molecular complexity index is 160. The van der Waals surface area contributed by atoms with Gasteiger partial charge in [-0.25, -0.2) is 0 Å². The summed E-state index contributed by atoms with van der Waals surface area (Å²) in [6.07, 6.45) is 3.80. The van der Waals surface area contributed by atoms with Gasteiger partial charge in [0, 0.05) is 5.57 Å². The third kappa shape index (κ3) is 0.294. The van der Waals surface area contributed by atoms with Crippen molar-refractivity contribution in [1.29, 1.82) is 0 Å². The lowest BCUT2D eigenvalue weighted by molar-refractivity contribution is -0.940. The van der Waals surface area contributed by atoms with Crippen molar-refractivity contribution >= 4 is 0 Å². The van der Waals surface area contributed by atoms with E-state index < -0.39 is 0 Å². The Kier molecular flexibility index (Phi) is 0.575. The van der Waals surface area contributed by atoms with Crippen LogP contribution in [0.3, 0.4) is 0 Å². The molecule has 0 aromatic carbocycles. The first-order chi connectivity index (χ1) is 3.72. The predicted octanol–water partition coefficient (Wildman–Crippen LogP) is 1.12. The summed E-state index contributed by atoms with van der Waals surface area (Å²) in [5.41, 5.74) is 1.61. The Balaban J connectivity index is 2.29. The van der Waals surface area contributed by atoms with E-state index in [-0.39, 0.29) is 0 Å². The Hall–Kier alpha value is -0.300. The molecule has 0 amide bonds. The van der Waals surface area contributed by atoms with E-state index in [4.69, 9.17) is 0 Å². The second-order valence-electron chi connectivity index (χ2n) is 3.25. The van der Waals surface area contributed by atoms with Crippen molar-refractivity contribution in [2.45, 2.75) is 19.4 Å². The van der Waals surface area contributed by atoms with Gasteiger partial charge in [0.2, 0.25) is 0 Å². The van der Waals surface area contributed by atoms with E-state index in [0.29, 0.717) is 0 Å². The molecular formula is C7H12N+. The predicted molar refractivity (Wildman–Crippen MR) is 33.2 cm³/mol. The van der Waals surface area contributed by atoms with E-state index in [1.165, 1.54) is 17.4 Å². The fourth-order valence-corrected chi connectivity index (χ4v) is 1.98. The maximum atomic E-state index is 2.37. The minimum atomic E-state index is 0.926. The van der Waals surface area contributed by atoms with Crippen molar-refractivity contribution in [3.8, 4) is 0 Å². The molecule has 0 bridgehead atoms. The number of nitrogens with zero attached hydrogens (tertiary/aromatic N) is 1. The van der Waals surface area contributed by atoms with Crippen LogP contribution in [0, 0.1) is 0 Å². The van der Waals surface area contributed by atoms with Gasteiger partial charge in [-0.15, -0.1) is 0 Å². The van der Waals surface area contributed by atoms with Gasteiger partial charge >= 0.3 is 0 Å². The topological polar surface area (TPSA) is 0 Å². The van der Waals surface area contributed by atoms with Crippen molar-refractivity contribution in [3.63, 3.8) is 0 Å². The van der Waals surface area contributed by atoms with Crippen molar-refractivity contribution in [2.24, 2.45) is 0 Å². The van der Waals surface area contributed by atoms with Gasteiger partial charge < -0.3 is 0 Å². The van der Waals surface area contributed by atoms with Crippen LogP contribution in [0.1, 0.15) is 13.3 Å². The molecule has 0 aromatic rings. The van der Waals surface area contributed by atoms with Crippen LogP contribution in [0.5, 0.6) is 0 Å². The van der Waals surface area contributed by atoms with Crippen LogP contribution in [-0.2, 0) is 0 Å². The molecule has 2 aliphatic rings. The van der Waals surface area contributed by atoms with Gasteiger partial charge in [0.1, 0.15) is 12.2 Å². The fraction of sp³-hybridized carbons (Fsp3) is 0.714. The highest BCUT2D eigenvalue weighted by Crippen LogP contribution is 2.40. The summed E-state index contributed by atoms with van der Waals surface area (Å²) < 4.78 is 1.24. The summed E-state index contributed by atoms with van der Waals surface area (Å²) in [6, 6.07) is 0.926. The molecule has 0 N–H and O–H groups in total. The SMILES string of the molecule is CC1=C[N+]2(C)CCC12. The van der Waals surface area contributed by atoms with Crippen molar-refractivity contribution in [3.05, 3.63) is 11.8 Å². The molecule has 0 saturated carbocycles. The largest absolute Gasteiger partial charge is 0.293 e. The average molecular weight is 110 g/mol. The Labute approximate surface area is 50.2 Å². The number of hydrogen-bond donors (Lipinski definition) is 0. The molecule has 1 heteroatoms. The van der Waals surface area contributed by atoms with Crippen LogP contribution < -0.4 is 0 Å². The lowest BCUT2D eigenvalue weighted by Crippen LogP contribution is -2.65. The Morgan fingerprint density at radius 3 is 2.50 bits per heavy atom. The molecule has 8 heavy (non-hydrogen) atoms. The van der Waals surface area contributed by atoms with Gasteiger partial charge in [-0.05, 0) is 6.92 Å². The van der Waals surface area contributed by atoms with Crippen LogP contribution in [0.25, 0.3) is 0 Å². The molecule has 0 aliphatic carbocycles. The number of likely N-dealkylation sites (N-methyl/N-ethyl adjacent to an activating group) is 1. The number of quaternary nitrogens is 1. The van der Waals surface area contributed by atoms with Crippen LogP contribution in [0.15, 0.2) is 11.8 Å². The standard InChI is InChI=1S/C7H12N/c1-6-5-8(2)4-3-7(6)8/h5,7H,3-4H2,1-2H3/q+1. The first kappa shape index (κ1) is 4.57. The third-order valence-electron chi connectivity index (χ3n) is 2.62. The number of fused-ring (bicyclic) bond motifs is 1. The highest BCUT2D eigenvalue weighted by atomic mass is 15.4. The fourth-order valence-electron chi connectivity index (χ4n) is 1.98. The van der Waals surface area contributed by atoms with E-state index in [2.05, 4.69) is 20.2 Å². The molecule has 2 atom stereocenters. The van der Waals surface area contributed by atoms with Gasteiger partial charge in [0.15, 0.2) is 0 Å². The average Bonchev–Trinajstić information content (AvgIpc) is 1.64. The molecule has 0 radical (unpaired) electrons. The lowest BCUT2D eigenvalue weighted by atomic mass is 9.86. The van der Waals surface area contributed by atoms with Crippen LogP contribution >= 0.6 is 0 Å². The zero-order chi connectivity index (χ0) is 5.78. The van der Waals surface area contributed by atoms with Crippen molar-refractivity contribution < 1.29 is 4.48 Å². The van der Waals surface area contributed by atoms with Gasteiger partial charge in [-0.1, -0.05) is 0 Å². The summed E-state index contributed by atoms with van der Waals surface area (Å²) in [5, 5.41) is 0. The van der Waals surface area contributed by atoms with E-state index in [1.807, 2.05) is 0 Å². The van der Waals surface area contributed by atoms with Gasteiger partial charge in [0.05, 0.1) is 20.0 Å². The molecule has 0 spiro atoms. The second-order valence-corrected chi connectivity index (χ2v) is 3.25. The third-order valence-corrected chi connectivity index (χ3v) is 2.62. The zero-order valence-electron chi connectivity index (χ0n) is 5.52. The maximum absolute atomic E-state index is 2.37. The molecule has 2 unspecified atom stereocenters. The zero-order valence-corrected chi connectivity index (χ0v) is 5.52. The summed E-state index contributed by atoms with van der Waals surface area (Å²) in [4.78, 5) is 0. The highest BCUT2D eigenvalue weighted by molar-refractivity contribution is 5.14. The number of rotatable bonds is 0. The van der Waals surface area contributed by atoms with Crippen LogP contribution in [0.2, 0.25) is 0 Å². The first-order valence-electron chi connectivity index (χ1n) is 3.27. The smallest absolute Gasteiger partial charge is 0.125 e. The summed E-state index contributed by atoms with van der Waals surface area (Å²) in [6.45, 7) is 3.62. The van der Waals surface area contributed by atoms with E-state index in [0.717, 1.165) is 6.04 Å². The monoisotopic (exact) mass is 110 g/mol. The normalized spacial score (nSPS) is 50.8. The van der Waals surface area contributed by atoms with E-state index in [1.54, 1.807) is 5.57 Å². The highest BCUT2D eigenvalue weighted by Gasteiger charge is 2.49. The Morgan fingerprint density at radius 1 is 1.75 bits per heavy atom.